The lowest BCUT2D eigenvalue weighted by molar-refractivity contribution is -0.186. The van der Waals surface area contributed by atoms with Crippen LogP contribution in [0.15, 0.2) is 0 Å². The number of carbonyl (C=O) groups is 1. The number of rotatable bonds is 1. The van der Waals surface area contributed by atoms with E-state index in [-0.39, 0.29) is 12.4 Å². The molecule has 0 aromatic carbocycles. The van der Waals surface area contributed by atoms with Gasteiger partial charge in [0.25, 0.3) is 0 Å². The van der Waals surface area contributed by atoms with E-state index in [1.54, 1.807) is 14.1 Å². The molecule has 1 atom stereocenters. The van der Waals surface area contributed by atoms with Crippen LogP contribution < -0.4 is 0 Å². The first-order valence-electron chi connectivity index (χ1n) is 3.19. The van der Waals surface area contributed by atoms with E-state index in [9.17, 15) is 4.79 Å². The zero-order valence-electron chi connectivity index (χ0n) is 6.16. The molecule has 4 heteroatoms. The minimum atomic E-state index is -0.343. The quantitative estimate of drug-likeness (QED) is 0.537. The minimum absolute atomic E-state index is 0.296. The van der Waals surface area contributed by atoms with Gasteiger partial charge < -0.3 is 14.4 Å². The molecule has 0 bridgehead atoms. The van der Waals surface area contributed by atoms with Crippen molar-refractivity contribution < 1.29 is 14.3 Å². The highest BCUT2D eigenvalue weighted by Gasteiger charge is 2.22. The van der Waals surface area contributed by atoms with Crippen LogP contribution in [0.2, 0.25) is 0 Å². The van der Waals surface area contributed by atoms with Crippen molar-refractivity contribution in [2.24, 2.45) is 0 Å². The van der Waals surface area contributed by atoms with Gasteiger partial charge in [-0.25, -0.2) is 4.79 Å². The van der Waals surface area contributed by atoms with Crippen molar-refractivity contribution in [2.45, 2.75) is 12.7 Å². The third-order valence-corrected chi connectivity index (χ3v) is 1.25. The van der Waals surface area contributed by atoms with Gasteiger partial charge in [-0.05, 0) is 0 Å². The highest BCUT2D eigenvalue weighted by Crippen LogP contribution is 2.12. The number of hydrogen-bond donors (Lipinski definition) is 0. The Balaban J connectivity index is 2.17. The second-order valence-electron chi connectivity index (χ2n) is 2.37. The first-order chi connectivity index (χ1) is 4.70. The predicted molar refractivity (Wildman–Crippen MR) is 34.5 cm³/mol. The maximum Gasteiger partial charge on any atom is 0.411 e. The number of carbonyl (C=O) groups excluding carboxylic acids is 1. The van der Waals surface area contributed by atoms with Crippen LogP contribution in [0.4, 0.5) is 4.79 Å². The Kier molecular flexibility index (Phi) is 2.11. The molecule has 0 spiro atoms. The zero-order valence-corrected chi connectivity index (χ0v) is 6.16. The Bertz CT molecular complexity index is 131. The molecule has 1 aliphatic heterocycles. The van der Waals surface area contributed by atoms with Crippen molar-refractivity contribution in [3.8, 4) is 0 Å². The molecule has 1 rings (SSSR count). The van der Waals surface area contributed by atoms with Gasteiger partial charge in [0.1, 0.15) is 0 Å². The average molecular weight is 145 g/mol. The van der Waals surface area contributed by atoms with E-state index in [1.807, 2.05) is 0 Å². The Hall–Kier alpha value is -0.770. The van der Waals surface area contributed by atoms with Crippen molar-refractivity contribution in [3.63, 3.8) is 0 Å². The monoisotopic (exact) mass is 145 g/mol. The fourth-order valence-corrected chi connectivity index (χ4v) is 0.525. The summed E-state index contributed by atoms with van der Waals surface area (Å²) in [6, 6.07) is 0. The molecule has 4 nitrogen and oxygen atoms in total. The summed E-state index contributed by atoms with van der Waals surface area (Å²) in [5.74, 6) is 0. The van der Waals surface area contributed by atoms with E-state index in [4.69, 9.17) is 9.47 Å². The Morgan fingerprint density at radius 1 is 1.70 bits per heavy atom. The van der Waals surface area contributed by atoms with Gasteiger partial charge in [-0.2, -0.15) is 0 Å². The summed E-state index contributed by atoms with van der Waals surface area (Å²) in [7, 11) is 3.28. The topological polar surface area (TPSA) is 38.8 Å². The molecule has 58 valence electrons. The Morgan fingerprint density at radius 2 is 2.30 bits per heavy atom. The number of hydrogen-bond acceptors (Lipinski definition) is 3. The van der Waals surface area contributed by atoms with Gasteiger partial charge >= 0.3 is 6.09 Å². The van der Waals surface area contributed by atoms with Crippen molar-refractivity contribution in [1.29, 1.82) is 0 Å². The van der Waals surface area contributed by atoms with Gasteiger partial charge in [0, 0.05) is 20.5 Å². The van der Waals surface area contributed by atoms with Gasteiger partial charge in [0.05, 0.1) is 6.61 Å². The van der Waals surface area contributed by atoms with Gasteiger partial charge in [0.2, 0.25) is 6.29 Å². The largest absolute Gasteiger partial charge is 0.419 e. The number of amides is 1. The van der Waals surface area contributed by atoms with Gasteiger partial charge in [-0.1, -0.05) is 0 Å². The van der Waals surface area contributed by atoms with Crippen molar-refractivity contribution in [3.05, 3.63) is 0 Å². The fraction of sp³-hybridized carbons (Fsp3) is 0.833. The molecule has 0 saturated carbocycles. The van der Waals surface area contributed by atoms with Crippen LogP contribution >= 0.6 is 0 Å². The van der Waals surface area contributed by atoms with Gasteiger partial charge in [0.15, 0.2) is 0 Å². The van der Waals surface area contributed by atoms with Crippen LogP contribution in [0.25, 0.3) is 0 Å². The lowest BCUT2D eigenvalue weighted by Crippen LogP contribution is -2.35. The van der Waals surface area contributed by atoms with Crippen molar-refractivity contribution in [1.82, 2.24) is 4.90 Å². The number of ether oxygens (including phenoxy) is 2. The van der Waals surface area contributed by atoms with E-state index < -0.39 is 0 Å². The SMILES string of the molecule is CN(C)C(=O)OC1CCO1. The molecular formula is C6H11NO3. The van der Waals surface area contributed by atoms with E-state index >= 15 is 0 Å². The molecule has 1 fully saturated rings. The van der Waals surface area contributed by atoms with E-state index in [0.29, 0.717) is 6.61 Å². The third kappa shape index (κ3) is 1.60. The summed E-state index contributed by atoms with van der Waals surface area (Å²) in [5, 5.41) is 0. The smallest absolute Gasteiger partial charge is 0.411 e. The molecule has 1 saturated heterocycles. The van der Waals surface area contributed by atoms with E-state index in [2.05, 4.69) is 0 Å². The maximum absolute atomic E-state index is 10.8. The highest BCUT2D eigenvalue weighted by atomic mass is 16.7. The molecule has 1 aliphatic rings. The normalized spacial score (nSPS) is 23.2. The first kappa shape index (κ1) is 7.34. The Morgan fingerprint density at radius 3 is 2.60 bits per heavy atom. The standard InChI is InChI=1S/C6H11NO3/c1-7(2)6(8)10-5-3-4-9-5/h5H,3-4H2,1-2H3. The second-order valence-corrected chi connectivity index (χ2v) is 2.37. The van der Waals surface area contributed by atoms with Crippen LogP contribution in [0.5, 0.6) is 0 Å². The summed E-state index contributed by atoms with van der Waals surface area (Å²) in [4.78, 5) is 12.1. The summed E-state index contributed by atoms with van der Waals surface area (Å²) in [5.41, 5.74) is 0. The van der Waals surface area contributed by atoms with Gasteiger partial charge in [-0.15, -0.1) is 0 Å². The Labute approximate surface area is 59.7 Å². The van der Waals surface area contributed by atoms with E-state index in [0.717, 1.165) is 6.42 Å². The molecule has 0 aromatic rings. The summed E-state index contributed by atoms with van der Waals surface area (Å²) >= 11 is 0. The van der Waals surface area contributed by atoms with Crippen molar-refractivity contribution in [2.75, 3.05) is 20.7 Å². The van der Waals surface area contributed by atoms with Crippen LogP contribution in [0.1, 0.15) is 6.42 Å². The summed E-state index contributed by atoms with van der Waals surface area (Å²) in [6.07, 6.45) is 0.180. The zero-order chi connectivity index (χ0) is 7.56. The van der Waals surface area contributed by atoms with E-state index in [1.165, 1.54) is 4.90 Å². The summed E-state index contributed by atoms with van der Waals surface area (Å²) < 4.78 is 9.69. The van der Waals surface area contributed by atoms with Crippen LogP contribution in [0.3, 0.4) is 0 Å². The van der Waals surface area contributed by atoms with Crippen LogP contribution in [0, 0.1) is 0 Å². The minimum Gasteiger partial charge on any atom is -0.419 e. The lowest BCUT2D eigenvalue weighted by atomic mass is 10.3. The lowest BCUT2D eigenvalue weighted by Gasteiger charge is -2.26. The molecule has 0 radical (unpaired) electrons. The molecule has 1 amide bonds. The first-order valence-corrected chi connectivity index (χ1v) is 3.19. The fourth-order valence-electron chi connectivity index (χ4n) is 0.525. The van der Waals surface area contributed by atoms with Crippen LogP contribution in [-0.4, -0.2) is 38.0 Å². The molecule has 0 N–H and O–H groups in total. The second kappa shape index (κ2) is 2.88. The number of nitrogens with zero attached hydrogens (tertiary/aromatic N) is 1. The molecule has 0 aromatic heterocycles. The molecule has 1 unspecified atom stereocenters. The maximum atomic E-state index is 10.8. The van der Waals surface area contributed by atoms with Crippen molar-refractivity contribution >= 4 is 6.09 Å². The average Bonchev–Trinajstić information content (AvgIpc) is 1.77. The molecular weight excluding hydrogens is 134 g/mol. The molecule has 0 aliphatic carbocycles. The summed E-state index contributed by atoms with van der Waals surface area (Å²) in [6.45, 7) is 0.700. The van der Waals surface area contributed by atoms with Gasteiger partial charge in [-0.3, -0.25) is 0 Å². The molecule has 10 heavy (non-hydrogen) atoms. The highest BCUT2D eigenvalue weighted by molar-refractivity contribution is 5.66. The van der Waals surface area contributed by atoms with Crippen LogP contribution in [-0.2, 0) is 9.47 Å². The predicted octanol–water partition coefficient (Wildman–Crippen LogP) is 0.431. The third-order valence-electron chi connectivity index (χ3n) is 1.25. The molecule has 1 heterocycles.